The molecule has 0 bridgehead atoms. The second kappa shape index (κ2) is 6.77. The molecule has 0 aromatic carbocycles. The summed E-state index contributed by atoms with van der Waals surface area (Å²) in [5.74, 6) is 0.335. The molecule has 1 amide bonds. The summed E-state index contributed by atoms with van der Waals surface area (Å²) >= 11 is 0. The fourth-order valence-corrected chi connectivity index (χ4v) is 3.16. The summed E-state index contributed by atoms with van der Waals surface area (Å²) in [5.41, 5.74) is -0.527. The monoisotopic (exact) mass is 296 g/mol. The van der Waals surface area contributed by atoms with E-state index in [9.17, 15) is 9.59 Å². The predicted octanol–water partition coefficient (Wildman–Crippen LogP) is 2.34. The van der Waals surface area contributed by atoms with Gasteiger partial charge in [-0.15, -0.1) is 0 Å². The van der Waals surface area contributed by atoms with Crippen molar-refractivity contribution in [3.8, 4) is 0 Å². The number of nitrogens with one attached hydrogen (secondary N) is 1. The van der Waals surface area contributed by atoms with Crippen LogP contribution >= 0.6 is 0 Å². The largest absolute Gasteiger partial charge is 0.444 e. The van der Waals surface area contributed by atoms with Crippen molar-refractivity contribution in [3.05, 3.63) is 0 Å². The van der Waals surface area contributed by atoms with Gasteiger partial charge in [0.25, 0.3) is 0 Å². The molecule has 1 saturated carbocycles. The number of hydrogen-bond donors (Lipinski definition) is 1. The summed E-state index contributed by atoms with van der Waals surface area (Å²) in [7, 11) is 0. The topological polar surface area (TPSA) is 58.6 Å². The summed E-state index contributed by atoms with van der Waals surface area (Å²) in [6.45, 7) is 7.36. The van der Waals surface area contributed by atoms with Crippen LogP contribution in [-0.4, -0.2) is 48.1 Å². The van der Waals surface area contributed by atoms with E-state index >= 15 is 0 Å². The fraction of sp³-hybridized carbons (Fsp3) is 0.875. The van der Waals surface area contributed by atoms with Crippen molar-refractivity contribution in [1.82, 2.24) is 10.2 Å². The van der Waals surface area contributed by atoms with E-state index in [1.807, 2.05) is 20.8 Å². The number of rotatable bonds is 2. The second-order valence-corrected chi connectivity index (χ2v) is 7.13. The molecule has 1 unspecified atom stereocenters. The lowest BCUT2D eigenvalue weighted by atomic mass is 9.83. The molecule has 0 aromatic heterocycles. The molecule has 1 atom stereocenters. The third-order valence-corrected chi connectivity index (χ3v) is 4.21. The van der Waals surface area contributed by atoms with Crippen LogP contribution in [0.5, 0.6) is 0 Å². The molecule has 5 heteroatoms. The van der Waals surface area contributed by atoms with Gasteiger partial charge in [-0.2, -0.15) is 0 Å². The van der Waals surface area contributed by atoms with E-state index in [0.29, 0.717) is 19.6 Å². The highest BCUT2D eigenvalue weighted by Crippen LogP contribution is 2.27. The second-order valence-electron chi connectivity index (χ2n) is 7.13. The van der Waals surface area contributed by atoms with Crippen molar-refractivity contribution < 1.29 is 14.3 Å². The van der Waals surface area contributed by atoms with E-state index < -0.39 is 5.60 Å². The van der Waals surface area contributed by atoms with Gasteiger partial charge < -0.3 is 10.1 Å². The van der Waals surface area contributed by atoms with Gasteiger partial charge in [0.2, 0.25) is 0 Å². The molecule has 1 saturated heterocycles. The first kappa shape index (κ1) is 16.3. The maximum Gasteiger partial charge on any atom is 0.410 e. The minimum absolute atomic E-state index is 0.119. The minimum atomic E-state index is -0.527. The van der Waals surface area contributed by atoms with Gasteiger partial charge >= 0.3 is 6.09 Å². The van der Waals surface area contributed by atoms with Crippen LogP contribution < -0.4 is 5.32 Å². The van der Waals surface area contributed by atoms with Crippen molar-refractivity contribution in [3.63, 3.8) is 0 Å². The van der Waals surface area contributed by atoms with Crippen molar-refractivity contribution in [2.24, 2.45) is 5.92 Å². The molecule has 0 aromatic rings. The quantitative estimate of drug-likeness (QED) is 0.850. The van der Waals surface area contributed by atoms with Crippen LogP contribution in [0.4, 0.5) is 4.79 Å². The van der Waals surface area contributed by atoms with Crippen LogP contribution in [0.25, 0.3) is 0 Å². The Morgan fingerprint density at radius 3 is 2.43 bits per heavy atom. The highest BCUT2D eigenvalue weighted by Gasteiger charge is 2.37. The predicted molar refractivity (Wildman–Crippen MR) is 81.2 cm³/mol. The van der Waals surface area contributed by atoms with Gasteiger partial charge in [0, 0.05) is 25.6 Å². The molecule has 2 rings (SSSR count). The summed E-state index contributed by atoms with van der Waals surface area (Å²) in [5, 5.41) is 3.23. The lowest BCUT2D eigenvalue weighted by Gasteiger charge is -2.38. The molecule has 1 aliphatic carbocycles. The van der Waals surface area contributed by atoms with Crippen LogP contribution in [0.1, 0.15) is 52.9 Å². The van der Waals surface area contributed by atoms with E-state index in [1.165, 1.54) is 6.42 Å². The third kappa shape index (κ3) is 4.43. The van der Waals surface area contributed by atoms with E-state index in [1.54, 1.807) is 4.90 Å². The third-order valence-electron chi connectivity index (χ3n) is 4.21. The molecular formula is C16H28N2O3. The fourth-order valence-electron chi connectivity index (χ4n) is 3.16. The molecule has 1 N–H and O–H groups in total. The number of carbonyl (C=O) groups is 2. The van der Waals surface area contributed by atoms with Gasteiger partial charge in [-0.3, -0.25) is 9.69 Å². The molecular weight excluding hydrogens is 268 g/mol. The number of amides is 1. The summed E-state index contributed by atoms with van der Waals surface area (Å²) in [6.07, 6.45) is 5.06. The van der Waals surface area contributed by atoms with Crippen LogP contribution in [-0.2, 0) is 9.53 Å². The van der Waals surface area contributed by atoms with Crippen LogP contribution in [0, 0.1) is 5.92 Å². The van der Waals surface area contributed by atoms with E-state index in [0.717, 1.165) is 25.7 Å². The Morgan fingerprint density at radius 2 is 1.81 bits per heavy atom. The molecule has 0 radical (unpaired) electrons. The number of nitrogens with zero attached hydrogens (tertiary/aromatic N) is 1. The molecule has 120 valence electrons. The Bertz CT molecular complexity index is 383. The smallest absolute Gasteiger partial charge is 0.410 e. The van der Waals surface area contributed by atoms with Gasteiger partial charge in [-0.1, -0.05) is 19.3 Å². The zero-order chi connectivity index (χ0) is 15.5. The molecule has 21 heavy (non-hydrogen) atoms. The van der Waals surface area contributed by atoms with Gasteiger partial charge in [0.1, 0.15) is 11.6 Å². The first-order valence-electron chi connectivity index (χ1n) is 8.12. The summed E-state index contributed by atoms with van der Waals surface area (Å²) in [4.78, 5) is 26.7. The Morgan fingerprint density at radius 1 is 1.14 bits per heavy atom. The SMILES string of the molecule is CC(C)(C)OC(=O)N1CCNCC1C(=O)C1CCCCC1. The highest BCUT2D eigenvalue weighted by atomic mass is 16.6. The van der Waals surface area contributed by atoms with E-state index in [-0.39, 0.29) is 23.8 Å². The van der Waals surface area contributed by atoms with Gasteiger partial charge in [-0.25, -0.2) is 4.79 Å². The molecule has 0 spiro atoms. The van der Waals surface area contributed by atoms with E-state index in [2.05, 4.69) is 5.32 Å². The zero-order valence-corrected chi connectivity index (χ0v) is 13.5. The molecule has 1 aliphatic heterocycles. The lowest BCUT2D eigenvalue weighted by molar-refractivity contribution is -0.129. The normalized spacial score (nSPS) is 24.7. The average Bonchev–Trinajstić information content (AvgIpc) is 2.45. The maximum atomic E-state index is 12.7. The first-order valence-corrected chi connectivity index (χ1v) is 8.12. The number of ketones is 1. The zero-order valence-electron chi connectivity index (χ0n) is 13.5. The Kier molecular flexibility index (Phi) is 5.25. The maximum absolute atomic E-state index is 12.7. The molecule has 2 aliphatic rings. The molecule has 2 fully saturated rings. The summed E-state index contributed by atoms with van der Waals surface area (Å²) in [6, 6.07) is -0.364. The van der Waals surface area contributed by atoms with Crippen molar-refractivity contribution >= 4 is 11.9 Å². The highest BCUT2D eigenvalue weighted by molar-refractivity contribution is 5.89. The van der Waals surface area contributed by atoms with Gasteiger partial charge in [0.15, 0.2) is 5.78 Å². The Hall–Kier alpha value is -1.10. The first-order chi connectivity index (χ1) is 9.88. The van der Waals surface area contributed by atoms with Crippen molar-refractivity contribution in [1.29, 1.82) is 0 Å². The van der Waals surface area contributed by atoms with Crippen LogP contribution in [0.3, 0.4) is 0 Å². The molecule has 5 nitrogen and oxygen atoms in total. The van der Waals surface area contributed by atoms with Crippen molar-refractivity contribution in [2.75, 3.05) is 19.6 Å². The number of Topliss-reactive ketones (excluding diaryl/α,β-unsaturated/α-hetero) is 1. The van der Waals surface area contributed by atoms with Crippen LogP contribution in [0.15, 0.2) is 0 Å². The average molecular weight is 296 g/mol. The number of carbonyl (C=O) groups excluding carboxylic acids is 2. The van der Waals surface area contributed by atoms with Gasteiger partial charge in [-0.05, 0) is 33.6 Å². The minimum Gasteiger partial charge on any atom is -0.444 e. The van der Waals surface area contributed by atoms with Gasteiger partial charge in [0.05, 0.1) is 0 Å². The lowest BCUT2D eigenvalue weighted by Crippen LogP contribution is -2.59. The number of piperazine rings is 1. The molecule has 1 heterocycles. The van der Waals surface area contributed by atoms with Crippen molar-refractivity contribution in [2.45, 2.75) is 64.5 Å². The van der Waals surface area contributed by atoms with E-state index in [4.69, 9.17) is 4.74 Å². The van der Waals surface area contributed by atoms with Crippen LogP contribution in [0.2, 0.25) is 0 Å². The Balaban J connectivity index is 2.04. The number of ether oxygens (including phenoxy) is 1. The summed E-state index contributed by atoms with van der Waals surface area (Å²) < 4.78 is 5.45. The number of hydrogen-bond acceptors (Lipinski definition) is 4. The Labute approximate surface area is 127 Å². The standard InChI is InChI=1S/C16H28N2O3/c1-16(2,3)21-15(20)18-10-9-17-11-13(18)14(19)12-7-5-4-6-8-12/h12-13,17H,4-11H2,1-3H3.